The molecule has 1 N–H and O–H groups in total. The molecule has 8 heteroatoms. The minimum absolute atomic E-state index is 0.201. The molecule has 0 aliphatic rings. The minimum atomic E-state index is -0.242. The number of carbonyl (C=O) groups is 1. The molecule has 3 heterocycles. The predicted octanol–water partition coefficient (Wildman–Crippen LogP) is 3.47. The quantitative estimate of drug-likeness (QED) is 0.572. The molecule has 0 saturated carbocycles. The summed E-state index contributed by atoms with van der Waals surface area (Å²) in [4.78, 5) is 34.3. The van der Waals surface area contributed by atoms with Crippen LogP contribution in [-0.2, 0) is 11.2 Å². The van der Waals surface area contributed by atoms with E-state index in [9.17, 15) is 9.59 Å². The highest BCUT2D eigenvalue weighted by atomic mass is 32.1. The Kier molecular flexibility index (Phi) is 4.52. The van der Waals surface area contributed by atoms with Gasteiger partial charge in [-0.2, -0.15) is 0 Å². The monoisotopic (exact) mass is 384 g/mol. The van der Waals surface area contributed by atoms with Gasteiger partial charge in [0.15, 0.2) is 0 Å². The zero-order valence-electron chi connectivity index (χ0n) is 14.1. The van der Waals surface area contributed by atoms with E-state index in [0.29, 0.717) is 28.9 Å². The van der Waals surface area contributed by atoms with Gasteiger partial charge in [-0.1, -0.05) is 12.1 Å². The fraction of sp³-hybridized carbons (Fsp3) is 0.222. The lowest BCUT2D eigenvalue weighted by Gasteiger charge is -2.10. The summed E-state index contributed by atoms with van der Waals surface area (Å²) in [6, 6.07) is 9.73. The number of aryl methyl sites for hydroxylation is 2. The number of fused-ring (bicyclic) bond motifs is 2. The maximum atomic E-state index is 12.4. The van der Waals surface area contributed by atoms with Gasteiger partial charge in [0.25, 0.3) is 5.56 Å². The van der Waals surface area contributed by atoms with Crippen molar-refractivity contribution in [2.75, 3.05) is 5.43 Å². The van der Waals surface area contributed by atoms with Crippen molar-refractivity contribution >= 4 is 49.0 Å². The number of hydrogen-bond acceptors (Lipinski definition) is 6. The standard InChI is InChI=1S/C18H16N4O2S2/c1-11-19-17-12(9-10-25-17)18(24)22(11)21-15(23)7-4-8-16-20-13-5-2-3-6-14(13)26-16/h2-3,5-6,9-10H,4,7-8H2,1H3,(H,21,23). The summed E-state index contributed by atoms with van der Waals surface area (Å²) in [5.41, 5.74) is 3.42. The minimum Gasteiger partial charge on any atom is -0.273 e. The second-order valence-corrected chi connectivity index (χ2v) is 7.91. The molecule has 0 aliphatic carbocycles. The van der Waals surface area contributed by atoms with Crippen molar-refractivity contribution in [3.05, 3.63) is 56.9 Å². The first-order valence-electron chi connectivity index (χ1n) is 8.23. The van der Waals surface area contributed by atoms with Crippen LogP contribution < -0.4 is 11.0 Å². The molecule has 1 aromatic carbocycles. The number of thiazole rings is 1. The number of amides is 1. The van der Waals surface area contributed by atoms with Crippen LogP contribution in [0.4, 0.5) is 0 Å². The van der Waals surface area contributed by atoms with E-state index in [1.54, 1.807) is 24.3 Å². The van der Waals surface area contributed by atoms with E-state index in [1.165, 1.54) is 16.0 Å². The van der Waals surface area contributed by atoms with Crippen LogP contribution in [0.5, 0.6) is 0 Å². The predicted molar refractivity (Wildman–Crippen MR) is 106 cm³/mol. The SMILES string of the molecule is Cc1nc2sccc2c(=O)n1NC(=O)CCCc1nc2ccccc2s1. The Morgan fingerprint density at radius 1 is 1.23 bits per heavy atom. The maximum absolute atomic E-state index is 12.4. The summed E-state index contributed by atoms with van der Waals surface area (Å²) >= 11 is 3.07. The fourth-order valence-corrected chi connectivity index (χ4v) is 4.56. The topological polar surface area (TPSA) is 76.9 Å². The third-order valence-corrected chi connectivity index (χ3v) is 5.94. The van der Waals surface area contributed by atoms with Gasteiger partial charge in [-0.05, 0) is 43.3 Å². The van der Waals surface area contributed by atoms with Crippen molar-refractivity contribution in [1.82, 2.24) is 14.6 Å². The Morgan fingerprint density at radius 3 is 2.92 bits per heavy atom. The largest absolute Gasteiger partial charge is 0.281 e. The van der Waals surface area contributed by atoms with Crippen molar-refractivity contribution < 1.29 is 4.79 Å². The van der Waals surface area contributed by atoms with Crippen LogP contribution in [-0.4, -0.2) is 20.6 Å². The second-order valence-electron chi connectivity index (χ2n) is 5.90. The van der Waals surface area contributed by atoms with Gasteiger partial charge in [0.1, 0.15) is 10.7 Å². The van der Waals surface area contributed by atoms with Crippen molar-refractivity contribution in [3.8, 4) is 0 Å². The van der Waals surface area contributed by atoms with Gasteiger partial charge < -0.3 is 0 Å². The summed E-state index contributed by atoms with van der Waals surface area (Å²) in [5, 5.41) is 3.37. The summed E-state index contributed by atoms with van der Waals surface area (Å²) in [6.45, 7) is 1.71. The fourth-order valence-electron chi connectivity index (χ4n) is 2.75. The van der Waals surface area contributed by atoms with Crippen molar-refractivity contribution in [2.45, 2.75) is 26.2 Å². The number of thiophene rings is 1. The Balaban J connectivity index is 1.40. The van der Waals surface area contributed by atoms with Gasteiger partial charge in [0.2, 0.25) is 5.91 Å². The van der Waals surface area contributed by atoms with E-state index in [4.69, 9.17) is 0 Å². The van der Waals surface area contributed by atoms with E-state index in [1.807, 2.05) is 29.6 Å². The van der Waals surface area contributed by atoms with Gasteiger partial charge in [-0.3, -0.25) is 15.0 Å². The molecule has 1 amide bonds. The first-order valence-corrected chi connectivity index (χ1v) is 9.92. The summed E-state index contributed by atoms with van der Waals surface area (Å²) in [5.74, 6) is 0.275. The Labute approximate surface area is 157 Å². The number of hydrogen-bond donors (Lipinski definition) is 1. The summed E-state index contributed by atoms with van der Waals surface area (Å²) in [6.07, 6.45) is 1.74. The van der Waals surface area contributed by atoms with Gasteiger partial charge in [-0.25, -0.2) is 14.6 Å². The average Bonchev–Trinajstić information content (AvgIpc) is 3.24. The molecule has 6 nitrogen and oxygen atoms in total. The molecule has 0 spiro atoms. The molecule has 0 unspecified atom stereocenters. The van der Waals surface area contributed by atoms with E-state index in [0.717, 1.165) is 21.6 Å². The average molecular weight is 384 g/mol. The van der Waals surface area contributed by atoms with Crippen LogP contribution in [0.3, 0.4) is 0 Å². The molecular weight excluding hydrogens is 368 g/mol. The summed E-state index contributed by atoms with van der Waals surface area (Å²) < 4.78 is 2.39. The van der Waals surface area contributed by atoms with Gasteiger partial charge in [-0.15, -0.1) is 22.7 Å². The number of rotatable bonds is 5. The molecule has 4 aromatic rings. The Morgan fingerprint density at radius 2 is 2.08 bits per heavy atom. The van der Waals surface area contributed by atoms with Crippen LogP contribution in [0.25, 0.3) is 20.4 Å². The normalized spacial score (nSPS) is 11.3. The maximum Gasteiger partial charge on any atom is 0.281 e. The Bertz CT molecular complexity index is 1130. The van der Waals surface area contributed by atoms with Crippen LogP contribution in [0.15, 0.2) is 40.5 Å². The van der Waals surface area contributed by atoms with Crippen molar-refractivity contribution in [3.63, 3.8) is 0 Å². The van der Waals surface area contributed by atoms with Gasteiger partial charge >= 0.3 is 0 Å². The highest BCUT2D eigenvalue weighted by Crippen LogP contribution is 2.22. The third kappa shape index (κ3) is 3.25. The lowest BCUT2D eigenvalue weighted by molar-refractivity contribution is -0.117. The molecule has 0 aliphatic heterocycles. The molecule has 4 rings (SSSR count). The highest BCUT2D eigenvalue weighted by molar-refractivity contribution is 7.18. The number of benzene rings is 1. The molecule has 0 bridgehead atoms. The molecule has 3 aromatic heterocycles. The van der Waals surface area contributed by atoms with E-state index in [-0.39, 0.29) is 11.5 Å². The van der Waals surface area contributed by atoms with Crippen LogP contribution in [0, 0.1) is 6.92 Å². The Hall–Kier alpha value is -2.58. The smallest absolute Gasteiger partial charge is 0.273 e. The number of para-hydroxylation sites is 1. The molecule has 0 saturated heterocycles. The summed E-state index contributed by atoms with van der Waals surface area (Å²) in [7, 11) is 0. The zero-order valence-corrected chi connectivity index (χ0v) is 15.7. The lowest BCUT2D eigenvalue weighted by atomic mass is 10.2. The van der Waals surface area contributed by atoms with Gasteiger partial charge in [0, 0.05) is 6.42 Å². The van der Waals surface area contributed by atoms with Crippen molar-refractivity contribution in [1.29, 1.82) is 0 Å². The van der Waals surface area contributed by atoms with E-state index < -0.39 is 0 Å². The molecule has 132 valence electrons. The molecule has 0 fully saturated rings. The molecule has 26 heavy (non-hydrogen) atoms. The number of aromatic nitrogens is 3. The number of nitrogens with zero attached hydrogens (tertiary/aromatic N) is 3. The molecule has 0 radical (unpaired) electrons. The van der Waals surface area contributed by atoms with Crippen LogP contribution in [0.1, 0.15) is 23.7 Å². The van der Waals surface area contributed by atoms with Crippen molar-refractivity contribution in [2.24, 2.45) is 0 Å². The van der Waals surface area contributed by atoms with Gasteiger partial charge in [0.05, 0.1) is 20.6 Å². The first-order chi connectivity index (χ1) is 12.6. The molecule has 0 atom stereocenters. The van der Waals surface area contributed by atoms with Crippen LogP contribution >= 0.6 is 22.7 Å². The molecular formula is C18H16N4O2S2. The van der Waals surface area contributed by atoms with E-state index in [2.05, 4.69) is 15.4 Å². The first kappa shape index (κ1) is 16.9. The number of carbonyl (C=O) groups excluding carboxylic acids is 1. The zero-order chi connectivity index (χ0) is 18.1. The highest BCUT2D eigenvalue weighted by Gasteiger charge is 2.12. The van der Waals surface area contributed by atoms with Crippen LogP contribution in [0.2, 0.25) is 0 Å². The number of nitrogens with one attached hydrogen (secondary N) is 1. The van der Waals surface area contributed by atoms with E-state index >= 15 is 0 Å². The second kappa shape index (κ2) is 6.97. The third-order valence-electron chi connectivity index (χ3n) is 4.03. The lowest BCUT2D eigenvalue weighted by Crippen LogP contribution is -2.35.